The van der Waals surface area contributed by atoms with Crippen LogP contribution in [0.15, 0.2) is 53.5 Å². The number of benzodiazepines with no additional fused rings is 1. The smallest absolute Gasteiger partial charge is 0.349 e. The van der Waals surface area contributed by atoms with Gasteiger partial charge in [0, 0.05) is 40.0 Å². The third kappa shape index (κ3) is 9.46. The Labute approximate surface area is 312 Å². The molecule has 0 aromatic heterocycles. The van der Waals surface area contributed by atoms with Crippen LogP contribution in [0.3, 0.4) is 0 Å². The summed E-state index contributed by atoms with van der Waals surface area (Å²) < 4.78 is 6.05. The van der Waals surface area contributed by atoms with Crippen molar-refractivity contribution in [3.63, 3.8) is 0 Å². The molecule has 2 unspecified atom stereocenters. The monoisotopic (exact) mass is 761 g/mol. The normalized spacial score (nSPS) is 18.7. The molecule has 272 valence electrons. The summed E-state index contributed by atoms with van der Waals surface area (Å²) in [5.41, 5.74) is 6.27. The minimum Gasteiger partial charge on any atom is -0.460 e. The van der Waals surface area contributed by atoms with Gasteiger partial charge in [0.1, 0.15) is 6.10 Å². The first-order valence-electron chi connectivity index (χ1n) is 16.8. The fourth-order valence-corrected chi connectivity index (χ4v) is 9.16. The number of aliphatic imine (C=N–C) groups is 1. The number of carbonyl (C=O) groups is 4. The number of carbonyl (C=O) groups excluding carboxylic acids is 4. The molecule has 1 fully saturated rings. The lowest BCUT2D eigenvalue weighted by Crippen LogP contribution is -2.72. The van der Waals surface area contributed by atoms with E-state index in [0.29, 0.717) is 40.5 Å². The molecule has 14 heteroatoms. The number of esters is 1. The van der Waals surface area contributed by atoms with E-state index in [1.807, 2.05) is 36.6 Å². The van der Waals surface area contributed by atoms with Gasteiger partial charge in [-0.2, -0.15) is 11.8 Å². The van der Waals surface area contributed by atoms with Crippen LogP contribution in [-0.2, 0) is 23.9 Å². The van der Waals surface area contributed by atoms with Crippen LogP contribution in [-0.4, -0.2) is 87.7 Å². The minimum absolute atomic E-state index is 0.0800. The number of hydrazine groups is 1. The minimum atomic E-state index is -1.81. The first-order valence-corrected chi connectivity index (χ1v) is 20.9. The number of nitrogens with one attached hydrogen (secondary N) is 1. The molecule has 2 aromatic carbocycles. The Morgan fingerprint density at radius 2 is 1.80 bits per heavy atom. The van der Waals surface area contributed by atoms with E-state index >= 15 is 4.79 Å². The lowest BCUT2D eigenvalue weighted by atomic mass is 9.97. The molecule has 3 N–H and O–H groups in total. The first-order chi connectivity index (χ1) is 23.7. The van der Waals surface area contributed by atoms with Gasteiger partial charge in [-0.3, -0.25) is 24.7 Å². The van der Waals surface area contributed by atoms with E-state index in [9.17, 15) is 14.4 Å². The van der Waals surface area contributed by atoms with Crippen molar-refractivity contribution < 1.29 is 23.9 Å². The lowest BCUT2D eigenvalue weighted by Gasteiger charge is -2.47. The topological polar surface area (TPSA) is 134 Å². The number of nitrogens with zero attached hydrogens (tertiary/aromatic N) is 3. The average molecular weight is 762 g/mol. The van der Waals surface area contributed by atoms with Crippen LogP contribution in [0.25, 0.3) is 0 Å². The summed E-state index contributed by atoms with van der Waals surface area (Å²) in [6.07, 6.45) is 6.04. The summed E-state index contributed by atoms with van der Waals surface area (Å²) in [6, 6.07) is 11.3. The zero-order valence-electron chi connectivity index (χ0n) is 29.6. The molecule has 10 nitrogen and oxygen atoms in total. The largest absolute Gasteiger partial charge is 0.460 e. The second-order valence-corrected chi connectivity index (χ2v) is 18.0. The third-order valence-corrected chi connectivity index (χ3v) is 12.7. The lowest BCUT2D eigenvalue weighted by molar-refractivity contribution is -0.174. The van der Waals surface area contributed by atoms with E-state index in [1.165, 1.54) is 29.5 Å². The fourth-order valence-electron chi connectivity index (χ4n) is 6.05. The van der Waals surface area contributed by atoms with Crippen molar-refractivity contribution in [2.24, 2.45) is 10.7 Å². The third-order valence-electron chi connectivity index (χ3n) is 8.49. The molecule has 2 aromatic rings. The van der Waals surface area contributed by atoms with Crippen molar-refractivity contribution in [3.8, 4) is 0 Å². The Morgan fingerprint density at radius 1 is 1.12 bits per heavy atom. The van der Waals surface area contributed by atoms with Crippen molar-refractivity contribution in [1.82, 2.24) is 10.3 Å². The van der Waals surface area contributed by atoms with Crippen molar-refractivity contribution in [1.29, 1.82) is 0 Å². The molecule has 2 amide bonds. The number of amides is 2. The SMILES string of the molecule is CN[C@](CCSC)(C(=O)OC1CCCCC1)N(C(C)=O)N1C(=O)C(C(=O)C(N)CSSC(C)(C)C)N=C(c2ccccc2)c2cc(Cl)ccc21. The highest BCUT2D eigenvalue weighted by atomic mass is 35.5. The Balaban J connectivity index is 1.93. The number of benzene rings is 2. The predicted octanol–water partition coefficient (Wildman–Crippen LogP) is 6.28. The van der Waals surface area contributed by atoms with Gasteiger partial charge in [-0.1, -0.05) is 90.7 Å². The van der Waals surface area contributed by atoms with Crippen LogP contribution in [0.4, 0.5) is 5.69 Å². The highest BCUT2D eigenvalue weighted by Gasteiger charge is 2.53. The molecule has 1 saturated carbocycles. The number of hydrogen-bond acceptors (Lipinski definition) is 11. The van der Waals surface area contributed by atoms with Gasteiger partial charge in [0.05, 0.1) is 17.4 Å². The zero-order chi connectivity index (χ0) is 36.6. The fraction of sp³-hybridized carbons (Fsp3) is 0.528. The molecule has 1 heterocycles. The summed E-state index contributed by atoms with van der Waals surface area (Å²) in [7, 11) is 4.60. The van der Waals surface area contributed by atoms with E-state index in [1.54, 1.807) is 36.0 Å². The molecule has 0 radical (unpaired) electrons. The quantitative estimate of drug-likeness (QED) is 0.0981. The predicted molar refractivity (Wildman–Crippen MR) is 208 cm³/mol. The molecule has 0 spiro atoms. The second kappa shape index (κ2) is 17.8. The van der Waals surface area contributed by atoms with Crippen molar-refractivity contribution >= 4 is 79.9 Å². The van der Waals surface area contributed by atoms with Gasteiger partial charge >= 0.3 is 5.97 Å². The molecule has 2 aliphatic rings. The molecule has 1 aliphatic heterocycles. The molecule has 4 rings (SSSR count). The number of hydrogen-bond donors (Lipinski definition) is 2. The van der Waals surface area contributed by atoms with Crippen LogP contribution < -0.4 is 16.1 Å². The Kier molecular flexibility index (Phi) is 14.3. The Morgan fingerprint density at radius 3 is 2.40 bits per heavy atom. The Bertz CT molecular complexity index is 1570. The number of ketones is 1. The molecular formula is C36H48ClN5O5S3. The maximum absolute atomic E-state index is 15.1. The summed E-state index contributed by atoms with van der Waals surface area (Å²) in [6.45, 7) is 7.47. The highest BCUT2D eigenvalue weighted by Crippen LogP contribution is 2.38. The van der Waals surface area contributed by atoms with Gasteiger partial charge in [0.25, 0.3) is 5.91 Å². The van der Waals surface area contributed by atoms with E-state index in [4.69, 9.17) is 27.1 Å². The maximum Gasteiger partial charge on any atom is 0.349 e. The van der Waals surface area contributed by atoms with Gasteiger partial charge < -0.3 is 10.5 Å². The van der Waals surface area contributed by atoms with Gasteiger partial charge in [-0.05, 0) is 62.9 Å². The van der Waals surface area contributed by atoms with Gasteiger partial charge in [0.15, 0.2) is 11.8 Å². The van der Waals surface area contributed by atoms with Crippen LogP contribution >= 0.6 is 45.0 Å². The highest BCUT2D eigenvalue weighted by molar-refractivity contribution is 8.77. The molecule has 3 atom stereocenters. The number of fused-ring (bicyclic) bond motifs is 1. The molecule has 0 bridgehead atoms. The van der Waals surface area contributed by atoms with Crippen LogP contribution in [0.1, 0.15) is 77.3 Å². The molecule has 0 saturated heterocycles. The second-order valence-electron chi connectivity index (χ2n) is 13.4. The number of rotatable bonds is 14. The van der Waals surface area contributed by atoms with E-state index in [0.717, 1.165) is 29.3 Å². The van der Waals surface area contributed by atoms with Gasteiger partial charge in [0.2, 0.25) is 11.6 Å². The van der Waals surface area contributed by atoms with E-state index in [2.05, 4.69) is 26.1 Å². The number of ether oxygens (including phenoxy) is 1. The van der Waals surface area contributed by atoms with Gasteiger partial charge in [-0.25, -0.2) is 14.8 Å². The first kappa shape index (κ1) is 40.2. The number of thioether (sulfide) groups is 1. The number of likely N-dealkylation sites (N-methyl/N-ethyl adjacent to an activating group) is 1. The van der Waals surface area contributed by atoms with Crippen molar-refractivity contribution in [3.05, 3.63) is 64.7 Å². The molecule has 1 aliphatic carbocycles. The Hall–Kier alpha value is -2.55. The molecule has 50 heavy (non-hydrogen) atoms. The van der Waals surface area contributed by atoms with Crippen molar-refractivity contribution in [2.45, 2.75) is 94.8 Å². The summed E-state index contributed by atoms with van der Waals surface area (Å²) >= 11 is 8.06. The zero-order valence-corrected chi connectivity index (χ0v) is 32.8. The van der Waals surface area contributed by atoms with E-state index < -0.39 is 41.3 Å². The van der Waals surface area contributed by atoms with Crippen LogP contribution in [0.2, 0.25) is 5.02 Å². The van der Waals surface area contributed by atoms with Crippen LogP contribution in [0, 0.1) is 0 Å². The number of Topliss-reactive ketones (excluding diaryl/α,β-unsaturated/α-hetero) is 1. The van der Waals surface area contributed by atoms with Gasteiger partial charge in [-0.15, -0.1) is 0 Å². The summed E-state index contributed by atoms with van der Waals surface area (Å²) in [5.74, 6) is -2.05. The van der Waals surface area contributed by atoms with Crippen molar-refractivity contribution in [2.75, 3.05) is 29.8 Å². The van der Waals surface area contributed by atoms with Crippen LogP contribution in [0.5, 0.6) is 0 Å². The number of halogens is 1. The standard InChI is InChI=1S/C36H48ClN5O5S3/c1-23(43)42(36(39-5,19-20-48-6)34(46)47-26-15-11-8-12-16-26)41-29-18-17-25(37)21-27(29)30(24-13-9-7-10-14-24)40-31(33(41)45)32(44)28(38)22-49-50-35(2,3)4/h7,9-10,13-14,17-18,21,26,28,31,39H,8,11-12,15-16,19-20,22,38H2,1-6H3/t28?,31?,36-/m0/s1. The van der Waals surface area contributed by atoms with E-state index in [-0.39, 0.29) is 28.7 Å². The summed E-state index contributed by atoms with van der Waals surface area (Å²) in [5, 5.41) is 5.69. The maximum atomic E-state index is 15.1. The number of anilines is 1. The number of nitrogens with two attached hydrogens (primary N) is 1. The average Bonchev–Trinajstić information content (AvgIpc) is 3.20. The summed E-state index contributed by atoms with van der Waals surface area (Å²) in [4.78, 5) is 62.7. The molecular weight excluding hydrogens is 714 g/mol.